The van der Waals surface area contributed by atoms with Crippen molar-refractivity contribution in [3.8, 4) is 11.4 Å². The standard InChI is InChI=1S/C23H31N7O/c1-4-28(5-2)14-6-13-24-23(31)19-15-29(16-19)21-12-11-20-25-26-22(30(20)27-21)18-9-7-17(3)8-10-18/h7-12,19H,4-6,13-16H2,1-3H3,(H,24,31). The molecule has 0 radical (unpaired) electrons. The second kappa shape index (κ2) is 9.43. The van der Waals surface area contributed by atoms with Crippen molar-refractivity contribution in [2.24, 2.45) is 5.92 Å². The fourth-order valence-electron chi connectivity index (χ4n) is 3.86. The molecular formula is C23H31N7O. The van der Waals surface area contributed by atoms with Crippen LogP contribution in [0.15, 0.2) is 36.4 Å². The predicted octanol–water partition coefficient (Wildman–Crippen LogP) is 2.38. The molecule has 0 unspecified atom stereocenters. The van der Waals surface area contributed by atoms with E-state index in [1.807, 2.05) is 24.3 Å². The molecule has 1 N–H and O–H groups in total. The molecule has 3 aromatic rings. The van der Waals surface area contributed by atoms with E-state index in [4.69, 9.17) is 5.10 Å². The van der Waals surface area contributed by atoms with E-state index in [9.17, 15) is 4.79 Å². The first-order valence-electron chi connectivity index (χ1n) is 11.1. The lowest BCUT2D eigenvalue weighted by atomic mass is 9.99. The third-order valence-corrected chi connectivity index (χ3v) is 5.98. The zero-order chi connectivity index (χ0) is 21.8. The van der Waals surface area contributed by atoms with E-state index in [2.05, 4.69) is 58.2 Å². The highest BCUT2D eigenvalue weighted by atomic mass is 16.2. The zero-order valence-electron chi connectivity index (χ0n) is 18.6. The summed E-state index contributed by atoms with van der Waals surface area (Å²) in [5, 5.41) is 16.4. The van der Waals surface area contributed by atoms with Crippen LogP contribution >= 0.6 is 0 Å². The fourth-order valence-corrected chi connectivity index (χ4v) is 3.86. The quantitative estimate of drug-likeness (QED) is 0.535. The Morgan fingerprint density at radius 3 is 2.55 bits per heavy atom. The van der Waals surface area contributed by atoms with Crippen LogP contribution in [0.4, 0.5) is 5.82 Å². The number of benzene rings is 1. The molecule has 1 saturated heterocycles. The molecule has 1 aliphatic rings. The topological polar surface area (TPSA) is 78.7 Å². The molecule has 2 aromatic heterocycles. The Labute approximate surface area is 183 Å². The first kappa shape index (κ1) is 21.2. The molecule has 31 heavy (non-hydrogen) atoms. The van der Waals surface area contributed by atoms with Crippen LogP contribution < -0.4 is 10.2 Å². The Morgan fingerprint density at radius 1 is 1.10 bits per heavy atom. The SMILES string of the molecule is CCN(CC)CCCNC(=O)C1CN(c2ccc3nnc(-c4ccc(C)cc4)n3n2)C1. The summed E-state index contributed by atoms with van der Waals surface area (Å²) in [6.45, 7) is 11.6. The summed E-state index contributed by atoms with van der Waals surface area (Å²) >= 11 is 0. The van der Waals surface area contributed by atoms with Gasteiger partial charge in [-0.15, -0.1) is 15.3 Å². The van der Waals surface area contributed by atoms with Crippen LogP contribution in [0.1, 0.15) is 25.8 Å². The molecule has 1 aromatic carbocycles. The van der Waals surface area contributed by atoms with Crippen LogP contribution in [0, 0.1) is 12.8 Å². The number of fused-ring (bicyclic) bond motifs is 1. The van der Waals surface area contributed by atoms with Crippen molar-refractivity contribution in [3.05, 3.63) is 42.0 Å². The maximum Gasteiger partial charge on any atom is 0.226 e. The number of carbonyl (C=O) groups is 1. The average Bonchev–Trinajstić information content (AvgIpc) is 3.17. The Hall–Kier alpha value is -3.00. The number of carbonyl (C=O) groups excluding carboxylic acids is 1. The highest BCUT2D eigenvalue weighted by Crippen LogP contribution is 2.25. The van der Waals surface area contributed by atoms with Crippen LogP contribution in [-0.2, 0) is 4.79 Å². The normalized spacial score (nSPS) is 14.3. The van der Waals surface area contributed by atoms with Crippen molar-refractivity contribution in [2.75, 3.05) is 44.2 Å². The van der Waals surface area contributed by atoms with E-state index < -0.39 is 0 Å². The molecule has 1 fully saturated rings. The molecule has 0 bridgehead atoms. The van der Waals surface area contributed by atoms with Crippen molar-refractivity contribution in [3.63, 3.8) is 0 Å². The lowest BCUT2D eigenvalue weighted by Crippen LogP contribution is -2.54. The summed E-state index contributed by atoms with van der Waals surface area (Å²) in [5.74, 6) is 1.72. The maximum atomic E-state index is 12.4. The van der Waals surface area contributed by atoms with Crippen molar-refractivity contribution >= 4 is 17.4 Å². The Morgan fingerprint density at radius 2 is 1.84 bits per heavy atom. The zero-order valence-corrected chi connectivity index (χ0v) is 18.6. The maximum absolute atomic E-state index is 12.4. The van der Waals surface area contributed by atoms with Gasteiger partial charge in [-0.3, -0.25) is 4.79 Å². The summed E-state index contributed by atoms with van der Waals surface area (Å²) in [5.41, 5.74) is 2.89. The van der Waals surface area contributed by atoms with Crippen LogP contribution in [0.3, 0.4) is 0 Å². The van der Waals surface area contributed by atoms with Gasteiger partial charge in [0.1, 0.15) is 5.82 Å². The van der Waals surface area contributed by atoms with E-state index >= 15 is 0 Å². The number of nitrogens with one attached hydrogen (secondary N) is 1. The number of nitrogens with zero attached hydrogens (tertiary/aromatic N) is 6. The highest BCUT2D eigenvalue weighted by Gasteiger charge is 2.33. The van der Waals surface area contributed by atoms with Gasteiger partial charge in [-0.25, -0.2) is 0 Å². The minimum absolute atomic E-state index is 0.0171. The number of hydrogen-bond donors (Lipinski definition) is 1. The van der Waals surface area contributed by atoms with Gasteiger partial charge in [-0.2, -0.15) is 4.52 Å². The monoisotopic (exact) mass is 421 g/mol. The van der Waals surface area contributed by atoms with E-state index in [-0.39, 0.29) is 11.8 Å². The van der Waals surface area contributed by atoms with E-state index in [0.717, 1.165) is 49.8 Å². The molecule has 4 rings (SSSR count). The second-order valence-electron chi connectivity index (χ2n) is 8.12. The van der Waals surface area contributed by atoms with Crippen molar-refractivity contribution in [1.29, 1.82) is 0 Å². The molecule has 0 saturated carbocycles. The first-order chi connectivity index (χ1) is 15.1. The summed E-state index contributed by atoms with van der Waals surface area (Å²) in [6, 6.07) is 12.0. The molecule has 0 aliphatic carbocycles. The molecule has 1 amide bonds. The van der Waals surface area contributed by atoms with Crippen LogP contribution in [-0.4, -0.2) is 69.9 Å². The van der Waals surface area contributed by atoms with Gasteiger partial charge in [0.2, 0.25) is 5.91 Å². The van der Waals surface area contributed by atoms with Gasteiger partial charge in [0.05, 0.1) is 5.92 Å². The van der Waals surface area contributed by atoms with E-state index in [0.29, 0.717) is 18.7 Å². The summed E-state index contributed by atoms with van der Waals surface area (Å²) in [6.07, 6.45) is 0.984. The third-order valence-electron chi connectivity index (χ3n) is 5.98. The van der Waals surface area contributed by atoms with Gasteiger partial charge in [0.15, 0.2) is 11.5 Å². The Kier molecular flexibility index (Phi) is 6.46. The van der Waals surface area contributed by atoms with E-state index in [1.165, 1.54) is 5.56 Å². The lowest BCUT2D eigenvalue weighted by Gasteiger charge is -2.38. The minimum Gasteiger partial charge on any atom is -0.356 e. The largest absolute Gasteiger partial charge is 0.356 e. The van der Waals surface area contributed by atoms with Crippen molar-refractivity contribution in [2.45, 2.75) is 27.2 Å². The number of aromatic nitrogens is 4. The van der Waals surface area contributed by atoms with Crippen LogP contribution in [0.5, 0.6) is 0 Å². The predicted molar refractivity (Wildman–Crippen MR) is 122 cm³/mol. The van der Waals surface area contributed by atoms with Crippen molar-refractivity contribution in [1.82, 2.24) is 30.0 Å². The smallest absolute Gasteiger partial charge is 0.226 e. The molecule has 8 nitrogen and oxygen atoms in total. The van der Waals surface area contributed by atoms with Gasteiger partial charge in [-0.05, 0) is 45.1 Å². The Bertz CT molecular complexity index is 1020. The number of rotatable bonds is 9. The van der Waals surface area contributed by atoms with E-state index in [1.54, 1.807) is 4.52 Å². The number of amides is 1. The summed E-state index contributed by atoms with van der Waals surface area (Å²) in [4.78, 5) is 16.9. The lowest BCUT2D eigenvalue weighted by molar-refractivity contribution is -0.125. The van der Waals surface area contributed by atoms with Crippen LogP contribution in [0.2, 0.25) is 0 Å². The van der Waals surface area contributed by atoms with Crippen LogP contribution in [0.25, 0.3) is 17.0 Å². The van der Waals surface area contributed by atoms with Gasteiger partial charge in [0, 0.05) is 25.2 Å². The second-order valence-corrected chi connectivity index (χ2v) is 8.12. The number of anilines is 1. The Balaban J connectivity index is 1.34. The molecule has 1 aliphatic heterocycles. The minimum atomic E-state index is 0.0171. The molecule has 0 spiro atoms. The third kappa shape index (κ3) is 4.69. The molecule has 3 heterocycles. The highest BCUT2D eigenvalue weighted by molar-refractivity contribution is 5.81. The fraction of sp³-hybridized carbons (Fsp3) is 0.478. The summed E-state index contributed by atoms with van der Waals surface area (Å²) < 4.78 is 1.78. The first-order valence-corrected chi connectivity index (χ1v) is 11.1. The summed E-state index contributed by atoms with van der Waals surface area (Å²) in [7, 11) is 0. The molecule has 164 valence electrons. The number of hydrogen-bond acceptors (Lipinski definition) is 6. The van der Waals surface area contributed by atoms with Gasteiger partial charge in [0.25, 0.3) is 0 Å². The van der Waals surface area contributed by atoms with Crippen molar-refractivity contribution < 1.29 is 4.79 Å². The molecule has 8 heteroatoms. The van der Waals surface area contributed by atoms with Gasteiger partial charge < -0.3 is 15.1 Å². The molecular weight excluding hydrogens is 390 g/mol. The van der Waals surface area contributed by atoms with Gasteiger partial charge >= 0.3 is 0 Å². The average molecular weight is 422 g/mol. The number of aryl methyl sites for hydroxylation is 1. The van der Waals surface area contributed by atoms with Gasteiger partial charge in [-0.1, -0.05) is 43.7 Å². The molecule has 0 atom stereocenters.